The van der Waals surface area contributed by atoms with Gasteiger partial charge in [0.25, 0.3) is 0 Å². The SMILES string of the molecule is COc1cccc2ccc(CN3CCC(CN)CC3)nc12. The summed E-state index contributed by atoms with van der Waals surface area (Å²) in [5.74, 6) is 1.54. The molecule has 112 valence electrons. The zero-order chi connectivity index (χ0) is 14.7. The first-order valence-electron chi connectivity index (χ1n) is 7.65. The maximum atomic E-state index is 5.75. The summed E-state index contributed by atoms with van der Waals surface area (Å²) in [6, 6.07) is 10.3. The van der Waals surface area contributed by atoms with Gasteiger partial charge in [-0.2, -0.15) is 0 Å². The molecule has 1 fully saturated rings. The van der Waals surface area contributed by atoms with Crippen LogP contribution in [0.1, 0.15) is 18.5 Å². The van der Waals surface area contributed by atoms with Crippen LogP contribution < -0.4 is 10.5 Å². The first-order valence-corrected chi connectivity index (χ1v) is 7.65. The van der Waals surface area contributed by atoms with E-state index >= 15 is 0 Å². The summed E-state index contributed by atoms with van der Waals surface area (Å²) in [7, 11) is 1.70. The number of methoxy groups -OCH3 is 1. The Morgan fingerprint density at radius 1 is 1.24 bits per heavy atom. The predicted octanol–water partition coefficient (Wildman–Crippen LogP) is 2.41. The minimum atomic E-state index is 0.700. The summed E-state index contributed by atoms with van der Waals surface area (Å²) >= 11 is 0. The number of aromatic nitrogens is 1. The molecule has 2 N–H and O–H groups in total. The average molecular weight is 285 g/mol. The Labute approximate surface area is 125 Å². The van der Waals surface area contributed by atoms with E-state index in [1.165, 1.54) is 12.8 Å². The molecule has 0 radical (unpaired) electrons. The highest BCUT2D eigenvalue weighted by Crippen LogP contribution is 2.24. The number of rotatable bonds is 4. The van der Waals surface area contributed by atoms with E-state index in [0.717, 1.165) is 48.5 Å². The standard InChI is InChI=1S/C17H23N3O/c1-21-16-4-2-3-14-5-6-15(19-17(14)16)12-20-9-7-13(11-18)8-10-20/h2-6,13H,7-12,18H2,1H3. The van der Waals surface area contributed by atoms with Gasteiger partial charge in [-0.15, -0.1) is 0 Å². The quantitative estimate of drug-likeness (QED) is 0.937. The highest BCUT2D eigenvalue weighted by atomic mass is 16.5. The topological polar surface area (TPSA) is 51.4 Å². The number of likely N-dealkylation sites (tertiary alicyclic amines) is 1. The van der Waals surface area contributed by atoms with E-state index in [1.807, 2.05) is 12.1 Å². The highest BCUT2D eigenvalue weighted by Gasteiger charge is 2.18. The van der Waals surface area contributed by atoms with Crippen molar-refractivity contribution in [3.63, 3.8) is 0 Å². The van der Waals surface area contributed by atoms with E-state index in [2.05, 4.69) is 23.1 Å². The second-order valence-corrected chi connectivity index (χ2v) is 5.79. The first-order chi connectivity index (χ1) is 10.3. The van der Waals surface area contributed by atoms with E-state index in [-0.39, 0.29) is 0 Å². The Balaban J connectivity index is 1.75. The van der Waals surface area contributed by atoms with E-state index in [4.69, 9.17) is 15.5 Å². The van der Waals surface area contributed by atoms with Crippen LogP contribution in [0.2, 0.25) is 0 Å². The molecule has 1 aromatic heterocycles. The van der Waals surface area contributed by atoms with Crippen molar-refractivity contribution in [2.45, 2.75) is 19.4 Å². The maximum Gasteiger partial charge on any atom is 0.145 e. The Bertz CT molecular complexity index is 606. The molecular formula is C17H23N3O. The zero-order valence-electron chi connectivity index (χ0n) is 12.6. The second-order valence-electron chi connectivity index (χ2n) is 5.79. The van der Waals surface area contributed by atoms with Gasteiger partial charge in [-0.05, 0) is 50.5 Å². The predicted molar refractivity (Wildman–Crippen MR) is 85.4 cm³/mol. The largest absolute Gasteiger partial charge is 0.494 e. The molecule has 1 saturated heterocycles. The van der Waals surface area contributed by atoms with Crippen LogP contribution in [0, 0.1) is 5.92 Å². The fraction of sp³-hybridized carbons (Fsp3) is 0.471. The van der Waals surface area contributed by atoms with Gasteiger partial charge in [0.2, 0.25) is 0 Å². The first kappa shape index (κ1) is 14.3. The Kier molecular flexibility index (Phi) is 4.36. The van der Waals surface area contributed by atoms with E-state index < -0.39 is 0 Å². The van der Waals surface area contributed by atoms with Crippen LogP contribution in [0.15, 0.2) is 30.3 Å². The van der Waals surface area contributed by atoms with E-state index in [1.54, 1.807) is 7.11 Å². The van der Waals surface area contributed by atoms with Gasteiger partial charge in [0.1, 0.15) is 11.3 Å². The van der Waals surface area contributed by atoms with Crippen molar-refractivity contribution in [2.24, 2.45) is 11.7 Å². The Morgan fingerprint density at radius 3 is 2.76 bits per heavy atom. The number of pyridine rings is 1. The summed E-state index contributed by atoms with van der Waals surface area (Å²) < 4.78 is 5.41. The highest BCUT2D eigenvalue weighted by molar-refractivity contribution is 5.84. The lowest BCUT2D eigenvalue weighted by Gasteiger charge is -2.31. The second kappa shape index (κ2) is 6.41. The molecule has 2 heterocycles. The van der Waals surface area contributed by atoms with Gasteiger partial charge in [0.05, 0.1) is 12.8 Å². The molecule has 1 aromatic carbocycles. The number of piperidine rings is 1. The van der Waals surface area contributed by atoms with Crippen molar-refractivity contribution >= 4 is 10.9 Å². The monoisotopic (exact) mass is 285 g/mol. The number of nitrogens with zero attached hydrogens (tertiary/aromatic N) is 2. The van der Waals surface area contributed by atoms with Crippen molar-refractivity contribution in [2.75, 3.05) is 26.7 Å². The van der Waals surface area contributed by atoms with Crippen LogP contribution in [0.25, 0.3) is 10.9 Å². The molecule has 1 aliphatic rings. The lowest BCUT2D eigenvalue weighted by atomic mass is 9.97. The Morgan fingerprint density at radius 2 is 2.05 bits per heavy atom. The fourth-order valence-electron chi connectivity index (χ4n) is 3.02. The lowest BCUT2D eigenvalue weighted by Crippen LogP contribution is -2.35. The van der Waals surface area contributed by atoms with Gasteiger partial charge < -0.3 is 10.5 Å². The summed E-state index contributed by atoms with van der Waals surface area (Å²) in [4.78, 5) is 7.26. The molecular weight excluding hydrogens is 262 g/mol. The number of nitrogens with two attached hydrogens (primary N) is 1. The van der Waals surface area contributed by atoms with Gasteiger partial charge >= 0.3 is 0 Å². The van der Waals surface area contributed by atoms with Gasteiger partial charge in [0, 0.05) is 11.9 Å². The molecule has 0 atom stereocenters. The third kappa shape index (κ3) is 3.17. The van der Waals surface area contributed by atoms with Gasteiger partial charge in [-0.25, -0.2) is 4.98 Å². The molecule has 2 aromatic rings. The Hall–Kier alpha value is -1.65. The molecule has 3 rings (SSSR count). The molecule has 0 bridgehead atoms. The fourth-order valence-corrected chi connectivity index (χ4v) is 3.02. The van der Waals surface area contributed by atoms with Crippen LogP contribution in [-0.2, 0) is 6.54 Å². The molecule has 0 unspecified atom stereocenters. The number of para-hydroxylation sites is 1. The zero-order valence-corrected chi connectivity index (χ0v) is 12.6. The normalized spacial score (nSPS) is 17.2. The van der Waals surface area contributed by atoms with Crippen molar-refractivity contribution in [1.82, 2.24) is 9.88 Å². The van der Waals surface area contributed by atoms with E-state index in [9.17, 15) is 0 Å². The van der Waals surface area contributed by atoms with Crippen molar-refractivity contribution in [3.8, 4) is 5.75 Å². The van der Waals surface area contributed by atoms with Crippen molar-refractivity contribution < 1.29 is 4.74 Å². The number of hydrogen-bond donors (Lipinski definition) is 1. The van der Waals surface area contributed by atoms with Crippen LogP contribution >= 0.6 is 0 Å². The summed E-state index contributed by atoms with van der Waals surface area (Å²) in [5.41, 5.74) is 7.81. The number of ether oxygens (including phenoxy) is 1. The van der Waals surface area contributed by atoms with Crippen molar-refractivity contribution in [3.05, 3.63) is 36.0 Å². The lowest BCUT2D eigenvalue weighted by molar-refractivity contribution is 0.179. The van der Waals surface area contributed by atoms with Crippen LogP contribution in [0.3, 0.4) is 0 Å². The molecule has 0 aliphatic carbocycles. The summed E-state index contributed by atoms with van der Waals surface area (Å²) in [6.45, 7) is 3.96. The van der Waals surface area contributed by atoms with Gasteiger partial charge in [0.15, 0.2) is 0 Å². The van der Waals surface area contributed by atoms with Gasteiger partial charge in [-0.1, -0.05) is 18.2 Å². The van der Waals surface area contributed by atoms with Crippen molar-refractivity contribution in [1.29, 1.82) is 0 Å². The maximum absolute atomic E-state index is 5.75. The number of hydrogen-bond acceptors (Lipinski definition) is 4. The number of fused-ring (bicyclic) bond motifs is 1. The molecule has 21 heavy (non-hydrogen) atoms. The number of benzene rings is 1. The molecule has 0 saturated carbocycles. The van der Waals surface area contributed by atoms with Crippen LogP contribution in [-0.4, -0.2) is 36.6 Å². The third-order valence-electron chi connectivity index (χ3n) is 4.39. The molecule has 0 spiro atoms. The molecule has 0 amide bonds. The summed E-state index contributed by atoms with van der Waals surface area (Å²) in [6.07, 6.45) is 2.40. The molecule has 1 aliphatic heterocycles. The van der Waals surface area contributed by atoms with Gasteiger partial charge in [-0.3, -0.25) is 4.90 Å². The molecule has 4 nitrogen and oxygen atoms in total. The smallest absolute Gasteiger partial charge is 0.145 e. The third-order valence-corrected chi connectivity index (χ3v) is 4.39. The molecule has 4 heteroatoms. The minimum Gasteiger partial charge on any atom is -0.494 e. The minimum absolute atomic E-state index is 0.700. The average Bonchev–Trinajstić information content (AvgIpc) is 2.55. The van der Waals surface area contributed by atoms with Crippen LogP contribution in [0.5, 0.6) is 5.75 Å². The van der Waals surface area contributed by atoms with Crippen LogP contribution in [0.4, 0.5) is 0 Å². The summed E-state index contributed by atoms with van der Waals surface area (Å²) in [5, 5.41) is 1.12. The van der Waals surface area contributed by atoms with E-state index in [0.29, 0.717) is 5.92 Å².